The first-order valence-corrected chi connectivity index (χ1v) is 6.26. The second-order valence-corrected chi connectivity index (χ2v) is 4.50. The zero-order valence-electron chi connectivity index (χ0n) is 11.6. The number of nitrogens with one attached hydrogen (secondary N) is 1. The van der Waals surface area contributed by atoms with Crippen molar-refractivity contribution in [3.05, 3.63) is 29.8 Å². The van der Waals surface area contributed by atoms with Crippen molar-refractivity contribution < 1.29 is 4.74 Å². The smallest absolute Gasteiger partial charge is 0.322 e. The van der Waals surface area contributed by atoms with Gasteiger partial charge in [-0.25, -0.2) is 0 Å². The second kappa shape index (κ2) is 5.65. The molecule has 1 heterocycles. The number of nitrogens with zero attached hydrogens (tertiary/aromatic N) is 3. The fourth-order valence-corrected chi connectivity index (χ4v) is 1.68. The molecule has 5 nitrogen and oxygen atoms in total. The molecule has 1 aromatic carbocycles. The lowest BCUT2D eigenvalue weighted by atomic mass is 10.1. The molecular formula is C14H18N4O. The highest BCUT2D eigenvalue weighted by atomic mass is 16.5. The molecule has 0 aliphatic carbocycles. The molecule has 0 fully saturated rings. The lowest BCUT2D eigenvalue weighted by Gasteiger charge is -2.11. The number of ether oxygens (including phenoxy) is 1. The molecule has 5 heteroatoms. The van der Waals surface area contributed by atoms with E-state index in [1.165, 1.54) is 0 Å². The van der Waals surface area contributed by atoms with Gasteiger partial charge in [0.1, 0.15) is 0 Å². The van der Waals surface area contributed by atoms with Crippen molar-refractivity contribution in [1.29, 1.82) is 0 Å². The van der Waals surface area contributed by atoms with Crippen LogP contribution in [0.4, 0.5) is 5.95 Å². The van der Waals surface area contributed by atoms with Crippen LogP contribution in [0.1, 0.15) is 19.4 Å². The van der Waals surface area contributed by atoms with E-state index in [-0.39, 0.29) is 6.10 Å². The third kappa shape index (κ3) is 3.19. The highest BCUT2D eigenvalue weighted by molar-refractivity contribution is 5.60. The molecular weight excluding hydrogens is 240 g/mol. The number of aromatic nitrogens is 3. The van der Waals surface area contributed by atoms with E-state index >= 15 is 0 Å². The molecule has 0 amide bonds. The van der Waals surface area contributed by atoms with Crippen LogP contribution in [0.2, 0.25) is 0 Å². The number of hydrogen-bond acceptors (Lipinski definition) is 5. The minimum atomic E-state index is 0.0248. The van der Waals surface area contributed by atoms with E-state index in [2.05, 4.69) is 20.3 Å². The summed E-state index contributed by atoms with van der Waals surface area (Å²) in [6, 6.07) is 8.32. The summed E-state index contributed by atoms with van der Waals surface area (Å²) in [5.74, 6) is 1.12. The molecule has 2 rings (SSSR count). The summed E-state index contributed by atoms with van der Waals surface area (Å²) in [4.78, 5) is 12.9. The molecule has 0 aliphatic rings. The van der Waals surface area contributed by atoms with Crippen LogP contribution in [-0.4, -0.2) is 28.1 Å². The predicted molar refractivity (Wildman–Crippen MR) is 75.3 cm³/mol. The Morgan fingerprint density at radius 3 is 2.47 bits per heavy atom. The summed E-state index contributed by atoms with van der Waals surface area (Å²) in [5, 5.41) is 2.93. The van der Waals surface area contributed by atoms with E-state index in [9.17, 15) is 0 Å². The van der Waals surface area contributed by atoms with Crippen LogP contribution in [0.15, 0.2) is 24.3 Å². The Kier molecular flexibility index (Phi) is 3.94. The van der Waals surface area contributed by atoms with Crippen molar-refractivity contribution >= 4 is 5.95 Å². The van der Waals surface area contributed by atoms with Crippen LogP contribution in [0, 0.1) is 6.92 Å². The van der Waals surface area contributed by atoms with Crippen LogP contribution in [0.5, 0.6) is 6.01 Å². The molecule has 1 N–H and O–H groups in total. The number of hydrogen-bond donors (Lipinski definition) is 1. The fourth-order valence-electron chi connectivity index (χ4n) is 1.68. The van der Waals surface area contributed by atoms with E-state index in [0.717, 1.165) is 11.1 Å². The zero-order valence-corrected chi connectivity index (χ0v) is 11.6. The maximum atomic E-state index is 5.56. The van der Waals surface area contributed by atoms with Crippen molar-refractivity contribution in [3.63, 3.8) is 0 Å². The van der Waals surface area contributed by atoms with Crippen LogP contribution in [0.25, 0.3) is 11.4 Å². The lowest BCUT2D eigenvalue weighted by Crippen LogP contribution is -2.11. The number of anilines is 1. The molecule has 0 unspecified atom stereocenters. The van der Waals surface area contributed by atoms with Crippen molar-refractivity contribution in [3.8, 4) is 17.4 Å². The Morgan fingerprint density at radius 1 is 1.11 bits per heavy atom. The number of benzene rings is 1. The first kappa shape index (κ1) is 13.3. The van der Waals surface area contributed by atoms with Gasteiger partial charge in [0.2, 0.25) is 5.95 Å². The topological polar surface area (TPSA) is 59.9 Å². The summed E-state index contributed by atoms with van der Waals surface area (Å²) in [6.07, 6.45) is 0.0248. The Bertz CT molecular complexity index is 569. The summed E-state index contributed by atoms with van der Waals surface area (Å²) in [6.45, 7) is 5.91. The van der Waals surface area contributed by atoms with E-state index in [0.29, 0.717) is 17.8 Å². The SMILES string of the molecule is CNc1nc(OC(C)C)nc(-c2ccccc2C)n1. The average Bonchev–Trinajstić information content (AvgIpc) is 2.38. The van der Waals surface area contributed by atoms with Gasteiger partial charge in [-0.15, -0.1) is 0 Å². The minimum Gasteiger partial charge on any atom is -0.461 e. The Hall–Kier alpha value is -2.17. The van der Waals surface area contributed by atoms with Crippen molar-refractivity contribution in [1.82, 2.24) is 15.0 Å². The maximum absolute atomic E-state index is 5.56. The third-order valence-electron chi connectivity index (χ3n) is 2.57. The third-order valence-corrected chi connectivity index (χ3v) is 2.57. The van der Waals surface area contributed by atoms with Crippen molar-refractivity contribution in [2.75, 3.05) is 12.4 Å². The van der Waals surface area contributed by atoms with E-state index in [1.807, 2.05) is 45.0 Å². The molecule has 0 spiro atoms. The van der Waals surface area contributed by atoms with Crippen molar-refractivity contribution in [2.24, 2.45) is 0 Å². The zero-order chi connectivity index (χ0) is 13.8. The summed E-state index contributed by atoms with van der Waals surface area (Å²) < 4.78 is 5.56. The monoisotopic (exact) mass is 258 g/mol. The fraction of sp³-hybridized carbons (Fsp3) is 0.357. The first-order chi connectivity index (χ1) is 9.10. The maximum Gasteiger partial charge on any atom is 0.322 e. The van der Waals surface area contributed by atoms with E-state index < -0.39 is 0 Å². The van der Waals surface area contributed by atoms with Crippen LogP contribution >= 0.6 is 0 Å². The molecule has 0 saturated carbocycles. The minimum absolute atomic E-state index is 0.0248. The normalized spacial score (nSPS) is 10.6. The van der Waals surface area contributed by atoms with E-state index in [4.69, 9.17) is 4.74 Å². The summed E-state index contributed by atoms with van der Waals surface area (Å²) in [7, 11) is 1.77. The Labute approximate surface area is 113 Å². The quantitative estimate of drug-likeness (QED) is 0.913. The van der Waals surface area contributed by atoms with Gasteiger partial charge in [-0.05, 0) is 26.3 Å². The van der Waals surface area contributed by atoms with Crippen molar-refractivity contribution in [2.45, 2.75) is 26.9 Å². The Balaban J connectivity index is 2.48. The molecule has 19 heavy (non-hydrogen) atoms. The summed E-state index contributed by atoms with van der Waals surface area (Å²) in [5.41, 5.74) is 2.10. The standard InChI is InChI=1S/C14H18N4O/c1-9(2)19-14-17-12(16-13(15-4)18-14)11-8-6-5-7-10(11)3/h5-9H,1-4H3,(H,15,16,17,18). The summed E-state index contributed by atoms with van der Waals surface area (Å²) >= 11 is 0. The van der Waals surface area contributed by atoms with Gasteiger partial charge in [0.25, 0.3) is 0 Å². The van der Waals surface area contributed by atoms with Gasteiger partial charge in [-0.2, -0.15) is 15.0 Å². The molecule has 2 aromatic rings. The van der Waals surface area contributed by atoms with Gasteiger partial charge in [0.15, 0.2) is 5.82 Å². The molecule has 0 radical (unpaired) electrons. The predicted octanol–water partition coefficient (Wildman–Crippen LogP) is 2.68. The van der Waals surface area contributed by atoms with Gasteiger partial charge >= 0.3 is 6.01 Å². The van der Waals surface area contributed by atoms with Gasteiger partial charge in [0, 0.05) is 12.6 Å². The second-order valence-electron chi connectivity index (χ2n) is 4.50. The molecule has 100 valence electrons. The number of rotatable bonds is 4. The molecule has 1 aromatic heterocycles. The van der Waals surface area contributed by atoms with Crippen LogP contribution in [0.3, 0.4) is 0 Å². The highest BCUT2D eigenvalue weighted by Gasteiger charge is 2.11. The van der Waals surface area contributed by atoms with Gasteiger partial charge in [-0.1, -0.05) is 24.3 Å². The van der Waals surface area contributed by atoms with Gasteiger partial charge in [-0.3, -0.25) is 0 Å². The molecule has 0 saturated heterocycles. The molecule has 0 aliphatic heterocycles. The Morgan fingerprint density at radius 2 is 1.84 bits per heavy atom. The van der Waals surface area contributed by atoms with Gasteiger partial charge < -0.3 is 10.1 Å². The van der Waals surface area contributed by atoms with Gasteiger partial charge in [0.05, 0.1) is 6.10 Å². The molecule has 0 atom stereocenters. The van der Waals surface area contributed by atoms with Crippen LogP contribution in [-0.2, 0) is 0 Å². The average molecular weight is 258 g/mol. The number of aryl methyl sites for hydroxylation is 1. The van der Waals surface area contributed by atoms with Crippen LogP contribution < -0.4 is 10.1 Å². The lowest BCUT2D eigenvalue weighted by molar-refractivity contribution is 0.222. The largest absolute Gasteiger partial charge is 0.461 e. The van der Waals surface area contributed by atoms with E-state index in [1.54, 1.807) is 7.05 Å². The highest BCUT2D eigenvalue weighted by Crippen LogP contribution is 2.22. The molecule has 0 bridgehead atoms. The first-order valence-electron chi connectivity index (χ1n) is 6.26.